The summed E-state index contributed by atoms with van der Waals surface area (Å²) in [7, 11) is 2.01. The van der Waals surface area contributed by atoms with E-state index in [0.717, 1.165) is 12.4 Å². The second-order valence-electron chi connectivity index (χ2n) is 5.55. The molecule has 1 atom stereocenters. The molecule has 0 aromatic carbocycles. The molecule has 5 heteroatoms. The van der Waals surface area contributed by atoms with Crippen molar-refractivity contribution in [1.29, 1.82) is 0 Å². The average Bonchev–Trinajstić information content (AvgIpc) is 2.29. The molecule has 0 saturated carbocycles. The van der Waals surface area contributed by atoms with Crippen LogP contribution in [0.5, 0.6) is 0 Å². The van der Waals surface area contributed by atoms with Crippen LogP contribution < -0.4 is 10.2 Å². The largest absolute Gasteiger partial charge is 0.355 e. The van der Waals surface area contributed by atoms with Crippen molar-refractivity contribution in [3.05, 3.63) is 11.2 Å². The van der Waals surface area contributed by atoms with Gasteiger partial charge in [-0.15, -0.1) is 0 Å². The van der Waals surface area contributed by atoms with E-state index in [4.69, 9.17) is 11.6 Å². The Morgan fingerprint density at radius 1 is 1.44 bits per heavy atom. The Hall–Kier alpha value is -1.03. The van der Waals surface area contributed by atoms with Gasteiger partial charge >= 0.3 is 0 Å². The van der Waals surface area contributed by atoms with Gasteiger partial charge < -0.3 is 10.2 Å². The average molecular weight is 271 g/mol. The topological polar surface area (TPSA) is 41.1 Å². The molecule has 18 heavy (non-hydrogen) atoms. The van der Waals surface area contributed by atoms with Gasteiger partial charge in [0.2, 0.25) is 5.95 Å². The van der Waals surface area contributed by atoms with Crippen LogP contribution in [0, 0.1) is 5.41 Å². The van der Waals surface area contributed by atoms with Crippen LogP contribution in [0.3, 0.4) is 0 Å². The Kier molecular flexibility index (Phi) is 4.79. The fraction of sp³-hybridized carbons (Fsp3) is 0.692. The first-order valence-corrected chi connectivity index (χ1v) is 6.64. The van der Waals surface area contributed by atoms with E-state index in [1.165, 1.54) is 0 Å². The standard InChI is InChI=1S/C13H23ClN4/c1-7-15-12-16-8-10(14)11(17-12)18(6)9(2)13(3,4)5/h8-9H,7H2,1-6H3,(H,15,16,17). The van der Waals surface area contributed by atoms with E-state index in [9.17, 15) is 0 Å². The van der Waals surface area contributed by atoms with Crippen LogP contribution in [0.2, 0.25) is 5.02 Å². The molecule has 1 aromatic heterocycles. The van der Waals surface area contributed by atoms with Crippen molar-refractivity contribution in [2.45, 2.75) is 40.7 Å². The van der Waals surface area contributed by atoms with Crippen LogP contribution in [0.25, 0.3) is 0 Å². The van der Waals surface area contributed by atoms with E-state index in [0.29, 0.717) is 17.0 Å². The highest BCUT2D eigenvalue weighted by molar-refractivity contribution is 6.32. The molecule has 0 spiro atoms. The lowest BCUT2D eigenvalue weighted by Gasteiger charge is -2.36. The molecule has 0 saturated heterocycles. The highest BCUT2D eigenvalue weighted by atomic mass is 35.5. The predicted molar refractivity (Wildman–Crippen MR) is 78.5 cm³/mol. The third-order valence-corrected chi connectivity index (χ3v) is 3.50. The molecular formula is C13H23ClN4. The number of rotatable bonds is 4. The summed E-state index contributed by atoms with van der Waals surface area (Å²) in [5, 5.41) is 3.68. The van der Waals surface area contributed by atoms with Crippen molar-refractivity contribution >= 4 is 23.4 Å². The molecule has 0 bridgehead atoms. The Labute approximate surface area is 115 Å². The minimum absolute atomic E-state index is 0.154. The molecule has 1 aromatic rings. The first-order chi connectivity index (χ1) is 8.27. The predicted octanol–water partition coefficient (Wildman–Crippen LogP) is 3.43. The summed E-state index contributed by atoms with van der Waals surface area (Å²) < 4.78 is 0. The van der Waals surface area contributed by atoms with Crippen LogP contribution >= 0.6 is 11.6 Å². The Morgan fingerprint density at radius 2 is 2.06 bits per heavy atom. The van der Waals surface area contributed by atoms with Crippen molar-refractivity contribution in [3.63, 3.8) is 0 Å². The molecule has 0 fully saturated rings. The lowest BCUT2D eigenvalue weighted by atomic mass is 9.87. The first-order valence-electron chi connectivity index (χ1n) is 6.26. The molecular weight excluding hydrogens is 248 g/mol. The van der Waals surface area contributed by atoms with E-state index in [2.05, 4.69) is 47.9 Å². The number of hydrogen-bond donors (Lipinski definition) is 1. The summed E-state index contributed by atoms with van der Waals surface area (Å²) in [5.74, 6) is 1.38. The van der Waals surface area contributed by atoms with Crippen LogP contribution in [-0.4, -0.2) is 29.6 Å². The number of nitrogens with one attached hydrogen (secondary N) is 1. The summed E-state index contributed by atoms with van der Waals surface area (Å²) in [6, 6.07) is 0.319. The molecule has 1 unspecified atom stereocenters. The molecule has 102 valence electrons. The number of anilines is 2. The van der Waals surface area contributed by atoms with Gasteiger partial charge in [-0.05, 0) is 19.3 Å². The third kappa shape index (κ3) is 3.48. The summed E-state index contributed by atoms with van der Waals surface area (Å²) in [6.45, 7) is 11.6. The molecule has 0 aliphatic carbocycles. The van der Waals surface area contributed by atoms with Crippen LogP contribution in [-0.2, 0) is 0 Å². The zero-order valence-corrected chi connectivity index (χ0v) is 12.8. The molecule has 0 radical (unpaired) electrons. The SMILES string of the molecule is CCNc1ncc(Cl)c(N(C)C(C)C(C)(C)C)n1. The van der Waals surface area contributed by atoms with Gasteiger partial charge in [0.05, 0.1) is 6.20 Å². The van der Waals surface area contributed by atoms with Gasteiger partial charge in [0.1, 0.15) is 5.02 Å². The van der Waals surface area contributed by atoms with Gasteiger partial charge in [0, 0.05) is 19.6 Å². The second kappa shape index (κ2) is 5.74. The van der Waals surface area contributed by atoms with E-state index in [-0.39, 0.29) is 5.41 Å². The van der Waals surface area contributed by atoms with Crippen molar-refractivity contribution in [2.75, 3.05) is 23.8 Å². The minimum atomic E-state index is 0.154. The molecule has 1 rings (SSSR count). The quantitative estimate of drug-likeness (QED) is 0.910. The molecule has 0 aliphatic heterocycles. The molecule has 0 amide bonds. The summed E-state index contributed by atoms with van der Waals surface area (Å²) in [5.41, 5.74) is 0.154. The molecule has 1 N–H and O–H groups in total. The Balaban J connectivity index is 3.04. The lowest BCUT2D eigenvalue weighted by Crippen LogP contribution is -2.40. The fourth-order valence-electron chi connectivity index (χ4n) is 1.61. The fourth-order valence-corrected chi connectivity index (χ4v) is 1.84. The smallest absolute Gasteiger partial charge is 0.224 e. The highest BCUT2D eigenvalue weighted by Crippen LogP contribution is 2.30. The van der Waals surface area contributed by atoms with Crippen LogP contribution in [0.1, 0.15) is 34.6 Å². The minimum Gasteiger partial charge on any atom is -0.355 e. The monoisotopic (exact) mass is 270 g/mol. The van der Waals surface area contributed by atoms with Gasteiger partial charge in [-0.3, -0.25) is 0 Å². The number of halogens is 1. The van der Waals surface area contributed by atoms with Crippen molar-refractivity contribution in [1.82, 2.24) is 9.97 Å². The zero-order valence-electron chi connectivity index (χ0n) is 12.1. The van der Waals surface area contributed by atoms with Gasteiger partial charge in [-0.1, -0.05) is 32.4 Å². The number of nitrogens with zero attached hydrogens (tertiary/aromatic N) is 3. The van der Waals surface area contributed by atoms with Gasteiger partial charge in [-0.25, -0.2) is 4.98 Å². The van der Waals surface area contributed by atoms with E-state index in [1.54, 1.807) is 6.20 Å². The highest BCUT2D eigenvalue weighted by Gasteiger charge is 2.26. The molecule has 4 nitrogen and oxygen atoms in total. The molecule has 0 aliphatic rings. The summed E-state index contributed by atoms with van der Waals surface area (Å²) >= 11 is 6.19. The second-order valence-corrected chi connectivity index (χ2v) is 5.96. The lowest BCUT2D eigenvalue weighted by molar-refractivity contribution is 0.328. The maximum Gasteiger partial charge on any atom is 0.224 e. The Bertz CT molecular complexity index is 400. The van der Waals surface area contributed by atoms with Crippen molar-refractivity contribution < 1.29 is 0 Å². The van der Waals surface area contributed by atoms with Crippen LogP contribution in [0.4, 0.5) is 11.8 Å². The summed E-state index contributed by atoms with van der Waals surface area (Å²) in [4.78, 5) is 10.7. The van der Waals surface area contributed by atoms with E-state index >= 15 is 0 Å². The maximum atomic E-state index is 6.19. The third-order valence-electron chi connectivity index (χ3n) is 3.23. The van der Waals surface area contributed by atoms with Gasteiger partial charge in [0.25, 0.3) is 0 Å². The number of aromatic nitrogens is 2. The van der Waals surface area contributed by atoms with Crippen molar-refractivity contribution in [3.8, 4) is 0 Å². The zero-order chi connectivity index (χ0) is 13.9. The summed E-state index contributed by atoms with van der Waals surface area (Å²) in [6.07, 6.45) is 1.65. The van der Waals surface area contributed by atoms with Gasteiger partial charge in [0.15, 0.2) is 5.82 Å². The maximum absolute atomic E-state index is 6.19. The van der Waals surface area contributed by atoms with Gasteiger partial charge in [-0.2, -0.15) is 4.98 Å². The van der Waals surface area contributed by atoms with E-state index in [1.807, 2.05) is 14.0 Å². The number of hydrogen-bond acceptors (Lipinski definition) is 4. The van der Waals surface area contributed by atoms with Crippen LogP contribution in [0.15, 0.2) is 6.20 Å². The molecule has 1 heterocycles. The van der Waals surface area contributed by atoms with Crippen molar-refractivity contribution in [2.24, 2.45) is 5.41 Å². The normalized spacial score (nSPS) is 13.3. The first kappa shape index (κ1) is 15.0. The van der Waals surface area contributed by atoms with E-state index < -0.39 is 0 Å². The Morgan fingerprint density at radius 3 is 2.56 bits per heavy atom.